The number of hydrogen-bond acceptors (Lipinski definition) is 5. The minimum absolute atomic E-state index is 0. The van der Waals surface area contributed by atoms with Gasteiger partial charge in [-0.2, -0.15) is 0 Å². The third kappa shape index (κ3) is 10.1. The second-order valence-electron chi connectivity index (χ2n) is 6.72. The summed E-state index contributed by atoms with van der Waals surface area (Å²) in [4.78, 5) is 15.8. The molecule has 0 aliphatic rings. The Morgan fingerprint density at radius 3 is 2.58 bits per heavy atom. The molecule has 31 heavy (non-hydrogen) atoms. The second-order valence-corrected chi connectivity index (χ2v) is 6.72. The SMILES string of the molecule is Cl.Cl.Cn1c(=O)ccc2cc(OCCCCCNCCc3cccnc3)ccc21.[Li+].[OH-]. The minimum Gasteiger partial charge on any atom is -0.870 e. The Kier molecular flexibility index (Phi) is 17.4. The summed E-state index contributed by atoms with van der Waals surface area (Å²) in [5.74, 6) is 0.857. The fourth-order valence-corrected chi connectivity index (χ4v) is 3.08. The summed E-state index contributed by atoms with van der Waals surface area (Å²) in [7, 11) is 1.79. The van der Waals surface area contributed by atoms with Crippen LogP contribution >= 0.6 is 24.8 Å². The van der Waals surface area contributed by atoms with E-state index in [1.165, 1.54) is 5.56 Å². The molecule has 3 aromatic rings. The van der Waals surface area contributed by atoms with E-state index in [2.05, 4.69) is 16.4 Å². The number of unbranched alkanes of at least 4 members (excludes halogenated alkanes) is 2. The van der Waals surface area contributed by atoms with E-state index in [0.717, 1.165) is 55.4 Å². The van der Waals surface area contributed by atoms with Gasteiger partial charge in [0.15, 0.2) is 0 Å². The van der Waals surface area contributed by atoms with Crippen molar-refractivity contribution in [3.8, 4) is 5.75 Å². The van der Waals surface area contributed by atoms with E-state index < -0.39 is 0 Å². The van der Waals surface area contributed by atoms with Crippen molar-refractivity contribution in [3.05, 3.63) is 70.8 Å². The van der Waals surface area contributed by atoms with Gasteiger partial charge in [-0.3, -0.25) is 9.78 Å². The van der Waals surface area contributed by atoms with Crippen molar-refractivity contribution in [2.75, 3.05) is 19.7 Å². The minimum atomic E-state index is 0. The van der Waals surface area contributed by atoms with Gasteiger partial charge in [0.25, 0.3) is 5.56 Å². The molecule has 9 heteroatoms. The van der Waals surface area contributed by atoms with E-state index in [4.69, 9.17) is 4.74 Å². The van der Waals surface area contributed by atoms with Gasteiger partial charge in [-0.1, -0.05) is 6.07 Å². The number of benzene rings is 1. The molecule has 0 bridgehead atoms. The molecule has 6 nitrogen and oxygen atoms in total. The van der Waals surface area contributed by atoms with Gasteiger partial charge in [0.1, 0.15) is 5.75 Å². The maximum absolute atomic E-state index is 11.7. The van der Waals surface area contributed by atoms with Crippen LogP contribution in [0.1, 0.15) is 24.8 Å². The topological polar surface area (TPSA) is 86.2 Å². The molecule has 0 radical (unpaired) electrons. The number of halogens is 2. The number of aryl methyl sites for hydroxylation is 1. The molecule has 1 aromatic carbocycles. The van der Waals surface area contributed by atoms with Gasteiger partial charge in [-0.25, -0.2) is 0 Å². The van der Waals surface area contributed by atoms with Crippen molar-refractivity contribution >= 4 is 35.7 Å². The zero-order valence-electron chi connectivity index (χ0n) is 18.1. The molecule has 0 aliphatic heterocycles. The summed E-state index contributed by atoms with van der Waals surface area (Å²) in [6, 6.07) is 13.4. The van der Waals surface area contributed by atoms with E-state index >= 15 is 0 Å². The Balaban J connectivity index is 0. The molecule has 0 saturated carbocycles. The zero-order chi connectivity index (χ0) is 18.9. The van der Waals surface area contributed by atoms with E-state index in [1.807, 2.05) is 36.5 Å². The third-order valence-corrected chi connectivity index (χ3v) is 4.68. The van der Waals surface area contributed by atoms with Crippen molar-refractivity contribution in [2.24, 2.45) is 7.05 Å². The maximum atomic E-state index is 11.7. The first-order chi connectivity index (χ1) is 13.2. The number of ether oxygens (including phenoxy) is 1. The molecule has 2 N–H and O–H groups in total. The summed E-state index contributed by atoms with van der Waals surface area (Å²) in [5.41, 5.74) is 2.20. The fraction of sp³-hybridized carbons (Fsp3) is 0.364. The van der Waals surface area contributed by atoms with Crippen molar-refractivity contribution in [3.63, 3.8) is 0 Å². The van der Waals surface area contributed by atoms with E-state index in [1.54, 1.807) is 23.9 Å². The average molecular weight is 462 g/mol. The Morgan fingerprint density at radius 1 is 1.03 bits per heavy atom. The first kappa shape index (κ1) is 31.7. The van der Waals surface area contributed by atoms with Crippen LogP contribution in [0.15, 0.2) is 59.7 Å². The van der Waals surface area contributed by atoms with Gasteiger partial charge in [0.05, 0.1) is 12.1 Å². The maximum Gasteiger partial charge on any atom is 1.00 e. The number of hydrogen-bond donors (Lipinski definition) is 1. The molecule has 0 spiro atoms. The Hall–Kier alpha value is -1.52. The Bertz CT molecular complexity index is 927. The summed E-state index contributed by atoms with van der Waals surface area (Å²) in [6.07, 6.45) is 8.07. The number of aromatic nitrogens is 2. The van der Waals surface area contributed by atoms with Crippen LogP contribution in [0.2, 0.25) is 0 Å². The molecule has 0 aliphatic carbocycles. The van der Waals surface area contributed by atoms with Crippen molar-refractivity contribution < 1.29 is 29.1 Å². The number of pyridine rings is 2. The zero-order valence-corrected chi connectivity index (χ0v) is 19.8. The first-order valence-electron chi connectivity index (χ1n) is 9.56. The van der Waals surface area contributed by atoms with Gasteiger partial charge in [0.2, 0.25) is 0 Å². The van der Waals surface area contributed by atoms with Crippen LogP contribution in [0.3, 0.4) is 0 Å². The standard InChI is InChI=1S/C22H27N3O2.2ClH.Li.H2O/c1-25-21-9-8-20(16-19(21)7-10-22(25)26)27-15-4-2-3-12-23-14-11-18-6-5-13-24-17-18;;;;/h5-10,13,16-17,23H,2-4,11-12,14-15H2,1H3;2*1H;;1H2/q;;;+1;/p-1. The predicted octanol–water partition coefficient (Wildman–Crippen LogP) is 0.986. The van der Waals surface area contributed by atoms with E-state index in [0.29, 0.717) is 6.61 Å². The van der Waals surface area contributed by atoms with Gasteiger partial charge in [-0.05, 0) is 74.7 Å². The van der Waals surface area contributed by atoms with Crippen LogP contribution in [0.5, 0.6) is 5.75 Å². The summed E-state index contributed by atoms with van der Waals surface area (Å²) in [5, 5.41) is 4.50. The molecule has 0 amide bonds. The summed E-state index contributed by atoms with van der Waals surface area (Å²) in [6.45, 7) is 2.74. The van der Waals surface area contributed by atoms with E-state index in [9.17, 15) is 4.79 Å². The number of fused-ring (bicyclic) bond motifs is 1. The van der Waals surface area contributed by atoms with Crippen LogP contribution < -0.4 is 34.5 Å². The molecule has 0 fully saturated rings. The number of nitrogens with one attached hydrogen (secondary N) is 1. The van der Waals surface area contributed by atoms with Gasteiger partial charge in [0, 0.05) is 30.9 Å². The van der Waals surface area contributed by atoms with Crippen molar-refractivity contribution in [2.45, 2.75) is 25.7 Å². The molecule has 3 rings (SSSR count). The number of nitrogens with zero attached hydrogens (tertiary/aromatic N) is 2. The molecule has 2 heterocycles. The monoisotopic (exact) mass is 461 g/mol. The normalized spacial score (nSPS) is 9.58. The van der Waals surface area contributed by atoms with Crippen LogP contribution in [0, 0.1) is 0 Å². The first-order valence-corrected chi connectivity index (χ1v) is 9.56. The molecular formula is C22H30Cl2LiN3O3. The molecule has 2 aromatic heterocycles. The van der Waals surface area contributed by atoms with Crippen LogP contribution in [0.4, 0.5) is 0 Å². The van der Waals surface area contributed by atoms with Gasteiger partial charge < -0.3 is 20.1 Å². The number of rotatable bonds is 10. The smallest absolute Gasteiger partial charge is 0.870 e. The fourth-order valence-electron chi connectivity index (χ4n) is 3.08. The average Bonchev–Trinajstić information content (AvgIpc) is 2.70. The largest absolute Gasteiger partial charge is 1.00 e. The van der Waals surface area contributed by atoms with Gasteiger partial charge in [-0.15, -0.1) is 24.8 Å². The molecule has 0 atom stereocenters. The Morgan fingerprint density at radius 2 is 1.84 bits per heavy atom. The quantitative estimate of drug-likeness (QED) is 0.359. The molecule has 0 saturated heterocycles. The van der Waals surface area contributed by atoms with Crippen LogP contribution in [-0.4, -0.2) is 34.7 Å². The van der Waals surface area contributed by atoms with Crippen molar-refractivity contribution in [1.82, 2.24) is 14.9 Å². The summed E-state index contributed by atoms with van der Waals surface area (Å²) < 4.78 is 7.51. The van der Waals surface area contributed by atoms with Crippen molar-refractivity contribution in [1.29, 1.82) is 0 Å². The molecule has 166 valence electrons. The van der Waals surface area contributed by atoms with E-state index in [-0.39, 0.29) is 54.7 Å². The summed E-state index contributed by atoms with van der Waals surface area (Å²) >= 11 is 0. The Labute approximate surface area is 208 Å². The molecule has 0 unspecified atom stereocenters. The second kappa shape index (κ2) is 17.1. The van der Waals surface area contributed by atoms with Crippen LogP contribution in [0.25, 0.3) is 10.9 Å². The van der Waals surface area contributed by atoms with Crippen LogP contribution in [-0.2, 0) is 13.5 Å². The third-order valence-electron chi connectivity index (χ3n) is 4.68. The predicted molar refractivity (Wildman–Crippen MR) is 126 cm³/mol. The molecular weight excluding hydrogens is 432 g/mol. The van der Waals surface area contributed by atoms with Gasteiger partial charge >= 0.3 is 18.9 Å².